The van der Waals surface area contributed by atoms with Crippen molar-refractivity contribution in [3.8, 4) is 0 Å². The van der Waals surface area contributed by atoms with E-state index < -0.39 is 0 Å². The molecule has 0 radical (unpaired) electrons. The molecular weight excluding hydrogens is 216 g/mol. The van der Waals surface area contributed by atoms with Crippen molar-refractivity contribution in [1.29, 1.82) is 0 Å². The molecular formula is C13H18N2S. The van der Waals surface area contributed by atoms with Gasteiger partial charge in [0.25, 0.3) is 0 Å². The fourth-order valence-corrected chi connectivity index (χ4v) is 2.58. The standard InChI is InChI=1S/C13H18N2S/c1-9(2)16-8-12-6-10-4-5-11(14)7-13(10)15(12)3/h4-7,9H,8,14H2,1-3H3. The number of hydrogen-bond acceptors (Lipinski definition) is 2. The lowest BCUT2D eigenvalue weighted by molar-refractivity contribution is 0.908. The highest BCUT2D eigenvalue weighted by Gasteiger charge is 2.06. The maximum Gasteiger partial charge on any atom is 0.0500 e. The average molecular weight is 234 g/mol. The van der Waals surface area contributed by atoms with Gasteiger partial charge in [0, 0.05) is 29.6 Å². The molecule has 0 spiro atoms. The summed E-state index contributed by atoms with van der Waals surface area (Å²) < 4.78 is 2.24. The molecule has 0 aliphatic rings. The van der Waals surface area contributed by atoms with Crippen molar-refractivity contribution in [2.45, 2.75) is 24.9 Å². The molecule has 0 saturated heterocycles. The van der Waals surface area contributed by atoms with E-state index in [1.807, 2.05) is 23.9 Å². The second-order valence-electron chi connectivity index (χ2n) is 4.37. The Labute approximate surface area is 101 Å². The third kappa shape index (κ3) is 2.19. The molecule has 1 aromatic carbocycles. The Morgan fingerprint density at radius 1 is 1.31 bits per heavy atom. The predicted octanol–water partition coefficient (Wildman–Crippen LogP) is 3.40. The molecule has 2 aromatic rings. The van der Waals surface area contributed by atoms with Crippen molar-refractivity contribution in [2.75, 3.05) is 5.73 Å². The van der Waals surface area contributed by atoms with Crippen LogP contribution >= 0.6 is 11.8 Å². The molecule has 1 heterocycles. The molecule has 2 nitrogen and oxygen atoms in total. The lowest BCUT2D eigenvalue weighted by atomic mass is 10.2. The Bertz CT molecular complexity index is 500. The summed E-state index contributed by atoms with van der Waals surface area (Å²) in [6, 6.07) is 8.35. The molecule has 0 aliphatic carbocycles. The predicted molar refractivity (Wildman–Crippen MR) is 73.8 cm³/mol. The summed E-state index contributed by atoms with van der Waals surface area (Å²) in [5, 5.41) is 1.94. The van der Waals surface area contributed by atoms with Crippen molar-refractivity contribution in [3.63, 3.8) is 0 Å². The Morgan fingerprint density at radius 2 is 2.06 bits per heavy atom. The van der Waals surface area contributed by atoms with Crippen LogP contribution < -0.4 is 5.73 Å². The van der Waals surface area contributed by atoms with Crippen LogP contribution in [0, 0.1) is 0 Å². The monoisotopic (exact) mass is 234 g/mol. The van der Waals surface area contributed by atoms with E-state index in [9.17, 15) is 0 Å². The largest absolute Gasteiger partial charge is 0.399 e. The van der Waals surface area contributed by atoms with E-state index in [1.54, 1.807) is 0 Å². The van der Waals surface area contributed by atoms with Gasteiger partial charge in [-0.25, -0.2) is 0 Å². The Kier molecular flexibility index (Phi) is 3.15. The van der Waals surface area contributed by atoms with E-state index >= 15 is 0 Å². The summed E-state index contributed by atoms with van der Waals surface area (Å²) in [5.74, 6) is 1.06. The Balaban J connectivity index is 2.36. The molecule has 86 valence electrons. The van der Waals surface area contributed by atoms with E-state index in [-0.39, 0.29) is 0 Å². The van der Waals surface area contributed by atoms with E-state index in [0.717, 1.165) is 11.4 Å². The lowest BCUT2D eigenvalue weighted by Crippen LogP contribution is -1.96. The minimum atomic E-state index is 0.670. The minimum Gasteiger partial charge on any atom is -0.399 e. The molecule has 0 atom stereocenters. The number of thioether (sulfide) groups is 1. The first-order valence-electron chi connectivity index (χ1n) is 5.53. The number of benzene rings is 1. The van der Waals surface area contributed by atoms with Gasteiger partial charge in [-0.05, 0) is 23.4 Å². The first-order chi connectivity index (χ1) is 7.58. The van der Waals surface area contributed by atoms with Crippen molar-refractivity contribution < 1.29 is 0 Å². The van der Waals surface area contributed by atoms with Gasteiger partial charge in [0.2, 0.25) is 0 Å². The zero-order valence-electron chi connectivity index (χ0n) is 10.0. The number of aromatic nitrogens is 1. The lowest BCUT2D eigenvalue weighted by Gasteiger charge is -2.06. The fourth-order valence-electron chi connectivity index (χ4n) is 1.79. The van der Waals surface area contributed by atoms with Gasteiger partial charge in [0.05, 0.1) is 5.52 Å². The number of nitrogen functional groups attached to an aromatic ring is 1. The number of fused-ring (bicyclic) bond motifs is 1. The second kappa shape index (κ2) is 4.42. The van der Waals surface area contributed by atoms with Gasteiger partial charge in [-0.2, -0.15) is 11.8 Å². The van der Waals surface area contributed by atoms with Crippen LogP contribution in [0.15, 0.2) is 24.3 Å². The van der Waals surface area contributed by atoms with Crippen LogP contribution in [0.1, 0.15) is 19.5 Å². The molecule has 16 heavy (non-hydrogen) atoms. The molecule has 2 rings (SSSR count). The van der Waals surface area contributed by atoms with Crippen LogP contribution in [0.2, 0.25) is 0 Å². The summed E-state index contributed by atoms with van der Waals surface area (Å²) in [7, 11) is 2.11. The maximum atomic E-state index is 5.81. The van der Waals surface area contributed by atoms with Crippen LogP contribution in [-0.4, -0.2) is 9.82 Å². The molecule has 3 heteroatoms. The Hall–Kier alpha value is -1.09. The third-order valence-corrected chi connectivity index (χ3v) is 3.86. The van der Waals surface area contributed by atoms with Crippen molar-refractivity contribution in [3.05, 3.63) is 30.0 Å². The minimum absolute atomic E-state index is 0.670. The van der Waals surface area contributed by atoms with Crippen LogP contribution in [0.25, 0.3) is 10.9 Å². The first-order valence-corrected chi connectivity index (χ1v) is 6.58. The fraction of sp³-hybridized carbons (Fsp3) is 0.385. The Morgan fingerprint density at radius 3 is 2.75 bits per heavy atom. The van der Waals surface area contributed by atoms with Crippen LogP contribution in [0.5, 0.6) is 0 Å². The highest BCUT2D eigenvalue weighted by Crippen LogP contribution is 2.25. The average Bonchev–Trinajstić information content (AvgIpc) is 2.53. The number of anilines is 1. The smallest absolute Gasteiger partial charge is 0.0500 e. The summed E-state index contributed by atoms with van der Waals surface area (Å²) >= 11 is 1.97. The zero-order chi connectivity index (χ0) is 11.7. The molecule has 0 saturated carbocycles. The zero-order valence-corrected chi connectivity index (χ0v) is 10.8. The number of hydrogen-bond donors (Lipinski definition) is 1. The van der Waals surface area contributed by atoms with Gasteiger partial charge in [-0.1, -0.05) is 19.9 Å². The van der Waals surface area contributed by atoms with Gasteiger partial charge in [0.15, 0.2) is 0 Å². The van der Waals surface area contributed by atoms with Gasteiger partial charge in [0.1, 0.15) is 0 Å². The number of rotatable bonds is 3. The second-order valence-corrected chi connectivity index (χ2v) is 5.94. The summed E-state index contributed by atoms with van der Waals surface area (Å²) in [4.78, 5) is 0. The molecule has 0 amide bonds. The molecule has 0 aliphatic heterocycles. The quantitative estimate of drug-likeness (QED) is 0.825. The molecule has 0 fully saturated rings. The number of nitrogens with two attached hydrogens (primary N) is 1. The molecule has 0 unspecified atom stereocenters. The summed E-state index contributed by atoms with van der Waals surface area (Å²) in [5.41, 5.74) is 9.22. The molecule has 1 aromatic heterocycles. The van der Waals surface area contributed by atoms with E-state index in [0.29, 0.717) is 5.25 Å². The summed E-state index contributed by atoms with van der Waals surface area (Å²) in [6.07, 6.45) is 0. The van der Waals surface area contributed by atoms with E-state index in [1.165, 1.54) is 16.6 Å². The highest BCUT2D eigenvalue weighted by atomic mass is 32.2. The first kappa shape index (κ1) is 11.4. The van der Waals surface area contributed by atoms with Crippen LogP contribution in [0.3, 0.4) is 0 Å². The van der Waals surface area contributed by atoms with Crippen LogP contribution in [0.4, 0.5) is 5.69 Å². The van der Waals surface area contributed by atoms with Gasteiger partial charge in [-0.3, -0.25) is 0 Å². The van der Waals surface area contributed by atoms with Crippen LogP contribution in [-0.2, 0) is 12.8 Å². The number of nitrogens with zero attached hydrogens (tertiary/aromatic N) is 1. The SMILES string of the molecule is CC(C)SCc1cc2ccc(N)cc2n1C. The summed E-state index contributed by atoms with van der Waals surface area (Å²) in [6.45, 7) is 4.45. The van der Waals surface area contributed by atoms with Crippen molar-refractivity contribution in [2.24, 2.45) is 7.05 Å². The highest BCUT2D eigenvalue weighted by molar-refractivity contribution is 7.99. The third-order valence-electron chi connectivity index (χ3n) is 2.73. The van der Waals surface area contributed by atoms with Gasteiger partial charge < -0.3 is 10.3 Å². The maximum absolute atomic E-state index is 5.81. The number of aryl methyl sites for hydroxylation is 1. The topological polar surface area (TPSA) is 30.9 Å². The van der Waals surface area contributed by atoms with Gasteiger partial charge in [-0.15, -0.1) is 0 Å². The molecule has 0 bridgehead atoms. The van der Waals surface area contributed by atoms with E-state index in [4.69, 9.17) is 5.73 Å². The van der Waals surface area contributed by atoms with Gasteiger partial charge >= 0.3 is 0 Å². The van der Waals surface area contributed by atoms with E-state index in [2.05, 4.69) is 37.6 Å². The molecule has 2 N–H and O–H groups in total. The van der Waals surface area contributed by atoms with Crippen molar-refractivity contribution in [1.82, 2.24) is 4.57 Å². The normalized spacial score (nSPS) is 11.5. The van der Waals surface area contributed by atoms with Crippen molar-refractivity contribution >= 4 is 28.4 Å².